The van der Waals surface area contributed by atoms with E-state index in [9.17, 15) is 0 Å². The average Bonchev–Trinajstić information content (AvgIpc) is 2.84. The Kier molecular flexibility index (Phi) is 2.75. The second-order valence-electron chi connectivity index (χ2n) is 5.85. The summed E-state index contributed by atoms with van der Waals surface area (Å²) in [5.74, 6) is 0.476. The molecule has 20 heavy (non-hydrogen) atoms. The Balaban J connectivity index is 1.93. The first-order valence-electron chi connectivity index (χ1n) is 7.41. The fraction of sp³-hybridized carbons (Fsp3) is 0.263. The summed E-state index contributed by atoms with van der Waals surface area (Å²) in [7, 11) is 2.26. The minimum absolute atomic E-state index is 0.476. The number of hydrogen-bond donors (Lipinski definition) is 0. The first-order valence-corrected chi connectivity index (χ1v) is 7.41. The number of nitrogens with zero attached hydrogens (tertiary/aromatic N) is 1. The highest BCUT2D eigenvalue weighted by Crippen LogP contribution is 2.48. The van der Waals surface area contributed by atoms with Crippen molar-refractivity contribution in [2.45, 2.75) is 18.4 Å². The molecule has 1 nitrogen and oxygen atoms in total. The van der Waals surface area contributed by atoms with E-state index >= 15 is 0 Å². The molecular weight excluding hydrogens is 242 g/mol. The van der Waals surface area contributed by atoms with Crippen molar-refractivity contribution in [1.29, 1.82) is 0 Å². The Morgan fingerprint density at radius 1 is 0.950 bits per heavy atom. The first kappa shape index (κ1) is 11.9. The lowest BCUT2D eigenvalue weighted by atomic mass is 9.87. The molecule has 2 aliphatic rings. The molecule has 0 amide bonds. The van der Waals surface area contributed by atoms with Crippen LogP contribution in [0.25, 0.3) is 5.57 Å². The maximum atomic E-state index is 2.52. The van der Waals surface area contributed by atoms with Gasteiger partial charge in [-0.15, -0.1) is 0 Å². The van der Waals surface area contributed by atoms with Gasteiger partial charge in [-0.05, 0) is 35.7 Å². The Morgan fingerprint density at radius 2 is 1.70 bits per heavy atom. The number of likely N-dealkylation sites (N-methyl/N-ethyl adjacent to an activating group) is 1. The van der Waals surface area contributed by atoms with Crippen molar-refractivity contribution in [3.63, 3.8) is 0 Å². The second-order valence-corrected chi connectivity index (χ2v) is 5.85. The van der Waals surface area contributed by atoms with Gasteiger partial charge in [0.1, 0.15) is 0 Å². The predicted octanol–water partition coefficient (Wildman–Crippen LogP) is 3.92. The summed E-state index contributed by atoms with van der Waals surface area (Å²) < 4.78 is 0. The molecule has 0 unspecified atom stereocenters. The molecule has 1 heteroatoms. The van der Waals surface area contributed by atoms with Gasteiger partial charge in [0.05, 0.1) is 0 Å². The molecule has 0 spiro atoms. The maximum Gasteiger partial charge on any atom is 0.0457 e. The van der Waals surface area contributed by atoms with Crippen LogP contribution in [0.15, 0.2) is 60.7 Å². The van der Waals surface area contributed by atoms with E-state index in [2.05, 4.69) is 72.6 Å². The SMILES string of the molecule is CN1CCC=C2c3ccccc3[C@@H](c3ccccc3)[C@H]21. The van der Waals surface area contributed by atoms with Crippen molar-refractivity contribution in [1.82, 2.24) is 4.90 Å². The lowest BCUT2D eigenvalue weighted by Gasteiger charge is -2.34. The van der Waals surface area contributed by atoms with Crippen molar-refractivity contribution < 1.29 is 0 Å². The number of rotatable bonds is 1. The summed E-state index contributed by atoms with van der Waals surface area (Å²) >= 11 is 0. The van der Waals surface area contributed by atoms with Crippen LogP contribution in [0.5, 0.6) is 0 Å². The van der Waals surface area contributed by atoms with Crippen LogP contribution in [0, 0.1) is 0 Å². The van der Waals surface area contributed by atoms with Crippen molar-refractivity contribution in [3.05, 3.63) is 77.4 Å². The van der Waals surface area contributed by atoms with Gasteiger partial charge in [-0.2, -0.15) is 0 Å². The molecule has 1 heterocycles. The van der Waals surface area contributed by atoms with E-state index in [-0.39, 0.29) is 0 Å². The summed E-state index contributed by atoms with van der Waals surface area (Å²) in [4.78, 5) is 2.52. The zero-order chi connectivity index (χ0) is 13.5. The highest BCUT2D eigenvalue weighted by Gasteiger charge is 2.40. The zero-order valence-corrected chi connectivity index (χ0v) is 11.8. The van der Waals surface area contributed by atoms with Crippen molar-refractivity contribution in [3.8, 4) is 0 Å². The van der Waals surface area contributed by atoms with E-state index in [0.717, 1.165) is 13.0 Å². The molecule has 4 rings (SSSR count). The molecule has 0 fully saturated rings. The molecule has 0 saturated carbocycles. The van der Waals surface area contributed by atoms with E-state index in [1.807, 2.05) is 0 Å². The third-order valence-electron chi connectivity index (χ3n) is 4.72. The minimum Gasteiger partial charge on any atom is -0.298 e. The molecule has 0 aromatic heterocycles. The van der Waals surface area contributed by atoms with Crippen LogP contribution in [0.3, 0.4) is 0 Å². The Morgan fingerprint density at radius 3 is 2.55 bits per heavy atom. The van der Waals surface area contributed by atoms with Gasteiger partial charge in [0, 0.05) is 18.5 Å². The molecule has 1 aliphatic carbocycles. The van der Waals surface area contributed by atoms with Crippen LogP contribution < -0.4 is 0 Å². The Bertz CT molecular complexity index is 656. The highest BCUT2D eigenvalue weighted by atomic mass is 15.1. The predicted molar refractivity (Wildman–Crippen MR) is 83.7 cm³/mol. The molecular formula is C19H19N. The summed E-state index contributed by atoms with van der Waals surface area (Å²) in [5.41, 5.74) is 5.91. The summed E-state index contributed by atoms with van der Waals surface area (Å²) in [6.45, 7) is 1.16. The van der Waals surface area contributed by atoms with Crippen molar-refractivity contribution >= 4 is 5.57 Å². The molecule has 2 aromatic carbocycles. The highest BCUT2D eigenvalue weighted by molar-refractivity contribution is 5.80. The lowest BCUT2D eigenvalue weighted by Crippen LogP contribution is -2.37. The number of fused-ring (bicyclic) bond motifs is 3. The molecule has 1 aliphatic heterocycles. The fourth-order valence-electron chi connectivity index (χ4n) is 3.85. The van der Waals surface area contributed by atoms with Crippen LogP contribution in [-0.4, -0.2) is 24.5 Å². The smallest absolute Gasteiger partial charge is 0.0457 e. The van der Waals surface area contributed by atoms with Gasteiger partial charge in [-0.25, -0.2) is 0 Å². The average molecular weight is 261 g/mol. The van der Waals surface area contributed by atoms with Gasteiger partial charge in [0.2, 0.25) is 0 Å². The number of hydrogen-bond acceptors (Lipinski definition) is 1. The van der Waals surface area contributed by atoms with Gasteiger partial charge in [0.15, 0.2) is 0 Å². The standard InChI is InChI=1S/C19H19N/c1-20-13-7-12-17-15-10-5-6-11-16(15)18(19(17)20)14-8-3-2-4-9-14/h2-6,8-12,18-19H,7,13H2,1H3/t18-,19+/m1/s1. The summed E-state index contributed by atoms with van der Waals surface area (Å²) in [5, 5.41) is 0. The van der Waals surface area contributed by atoms with Crippen molar-refractivity contribution in [2.24, 2.45) is 0 Å². The Hall–Kier alpha value is -1.86. The molecule has 2 aromatic rings. The molecule has 0 radical (unpaired) electrons. The third-order valence-corrected chi connectivity index (χ3v) is 4.72. The number of benzene rings is 2. The lowest BCUT2D eigenvalue weighted by molar-refractivity contribution is 0.273. The van der Waals surface area contributed by atoms with Crippen LogP contribution in [-0.2, 0) is 0 Å². The van der Waals surface area contributed by atoms with Crippen LogP contribution in [0.2, 0.25) is 0 Å². The summed E-state index contributed by atoms with van der Waals surface area (Å²) in [6.07, 6.45) is 3.62. The topological polar surface area (TPSA) is 3.24 Å². The molecule has 0 bridgehead atoms. The van der Waals surface area contributed by atoms with Gasteiger partial charge in [-0.3, -0.25) is 4.90 Å². The molecule has 100 valence electrons. The quantitative estimate of drug-likeness (QED) is 0.752. The van der Waals surface area contributed by atoms with E-state index in [1.54, 1.807) is 0 Å². The van der Waals surface area contributed by atoms with Crippen LogP contribution in [0.4, 0.5) is 0 Å². The van der Waals surface area contributed by atoms with Gasteiger partial charge >= 0.3 is 0 Å². The van der Waals surface area contributed by atoms with Crippen LogP contribution in [0.1, 0.15) is 29.0 Å². The molecule has 0 N–H and O–H groups in total. The second kappa shape index (κ2) is 4.60. The van der Waals surface area contributed by atoms with Gasteiger partial charge < -0.3 is 0 Å². The van der Waals surface area contributed by atoms with E-state index in [1.165, 1.54) is 22.3 Å². The third kappa shape index (κ3) is 1.66. The Labute approximate surface area is 120 Å². The van der Waals surface area contributed by atoms with Crippen LogP contribution >= 0.6 is 0 Å². The van der Waals surface area contributed by atoms with E-state index < -0.39 is 0 Å². The largest absolute Gasteiger partial charge is 0.298 e. The monoisotopic (exact) mass is 261 g/mol. The maximum absolute atomic E-state index is 2.52. The zero-order valence-electron chi connectivity index (χ0n) is 11.8. The fourth-order valence-corrected chi connectivity index (χ4v) is 3.85. The van der Waals surface area contributed by atoms with E-state index in [0.29, 0.717) is 12.0 Å². The van der Waals surface area contributed by atoms with E-state index in [4.69, 9.17) is 0 Å². The molecule has 0 saturated heterocycles. The minimum atomic E-state index is 0.476. The normalized spacial score (nSPS) is 24.9. The van der Waals surface area contributed by atoms with Gasteiger partial charge in [0.25, 0.3) is 0 Å². The first-order chi connectivity index (χ1) is 9.86. The molecule has 2 atom stereocenters. The van der Waals surface area contributed by atoms with Crippen molar-refractivity contribution in [2.75, 3.05) is 13.6 Å². The van der Waals surface area contributed by atoms with Gasteiger partial charge in [-0.1, -0.05) is 60.7 Å². The summed E-state index contributed by atoms with van der Waals surface area (Å²) in [6, 6.07) is 20.4.